The van der Waals surface area contributed by atoms with E-state index in [1.807, 2.05) is 11.9 Å². The molecule has 1 heterocycles. The lowest BCUT2D eigenvalue weighted by atomic mass is 10.3. The molecule has 0 radical (unpaired) electrons. The minimum absolute atomic E-state index is 0.261. The van der Waals surface area contributed by atoms with E-state index in [2.05, 4.69) is 23.9 Å². The summed E-state index contributed by atoms with van der Waals surface area (Å²) < 4.78 is 0. The van der Waals surface area contributed by atoms with Gasteiger partial charge in [-0.25, -0.2) is 0 Å². The van der Waals surface area contributed by atoms with Crippen LogP contribution in [0.2, 0.25) is 0 Å². The summed E-state index contributed by atoms with van der Waals surface area (Å²) in [6.07, 6.45) is 2.24. The fourth-order valence-electron chi connectivity index (χ4n) is 1.85. The minimum Gasteiger partial charge on any atom is -0.345 e. The third-order valence-corrected chi connectivity index (χ3v) is 2.83. The fraction of sp³-hybridized carbons (Fsp3) is 0.909. The van der Waals surface area contributed by atoms with Crippen molar-refractivity contribution in [2.75, 3.05) is 53.9 Å². The number of carbonyl (C=O) groups excluding carboxylic acids is 1. The summed E-state index contributed by atoms with van der Waals surface area (Å²) in [5, 5.41) is 0. The third-order valence-electron chi connectivity index (χ3n) is 2.83. The molecule has 4 heteroatoms. The maximum absolute atomic E-state index is 11.6. The molecule has 1 aliphatic rings. The summed E-state index contributed by atoms with van der Waals surface area (Å²) in [6, 6.07) is 0. The molecule has 0 bridgehead atoms. The SMILES string of the molecule is CN(C)CCCN1CCCN(C)C(=O)C1. The van der Waals surface area contributed by atoms with Gasteiger partial charge in [0.25, 0.3) is 0 Å². The van der Waals surface area contributed by atoms with Gasteiger partial charge in [0.05, 0.1) is 6.54 Å². The van der Waals surface area contributed by atoms with Crippen molar-refractivity contribution in [3.8, 4) is 0 Å². The van der Waals surface area contributed by atoms with Crippen molar-refractivity contribution in [3.63, 3.8) is 0 Å². The highest BCUT2D eigenvalue weighted by atomic mass is 16.2. The van der Waals surface area contributed by atoms with Gasteiger partial charge >= 0.3 is 0 Å². The fourth-order valence-corrected chi connectivity index (χ4v) is 1.85. The van der Waals surface area contributed by atoms with E-state index < -0.39 is 0 Å². The maximum atomic E-state index is 11.6. The second-order valence-corrected chi connectivity index (χ2v) is 4.60. The molecule has 88 valence electrons. The van der Waals surface area contributed by atoms with Crippen LogP contribution in [0.3, 0.4) is 0 Å². The quantitative estimate of drug-likeness (QED) is 0.663. The van der Waals surface area contributed by atoms with Gasteiger partial charge in [0.15, 0.2) is 0 Å². The molecule has 1 amide bonds. The third kappa shape index (κ3) is 4.62. The van der Waals surface area contributed by atoms with E-state index in [0.29, 0.717) is 6.54 Å². The smallest absolute Gasteiger partial charge is 0.236 e. The summed E-state index contributed by atoms with van der Waals surface area (Å²) >= 11 is 0. The van der Waals surface area contributed by atoms with Crippen molar-refractivity contribution in [2.45, 2.75) is 12.8 Å². The van der Waals surface area contributed by atoms with Crippen LogP contribution in [0, 0.1) is 0 Å². The largest absolute Gasteiger partial charge is 0.345 e. The summed E-state index contributed by atoms with van der Waals surface area (Å²) in [5.74, 6) is 0.261. The van der Waals surface area contributed by atoms with Gasteiger partial charge in [-0.15, -0.1) is 0 Å². The average molecular weight is 213 g/mol. The molecule has 0 spiro atoms. The van der Waals surface area contributed by atoms with Crippen LogP contribution in [0.15, 0.2) is 0 Å². The van der Waals surface area contributed by atoms with Crippen molar-refractivity contribution in [1.29, 1.82) is 0 Å². The van der Waals surface area contributed by atoms with Crippen molar-refractivity contribution in [1.82, 2.24) is 14.7 Å². The summed E-state index contributed by atoms with van der Waals surface area (Å²) in [6.45, 7) is 4.70. The van der Waals surface area contributed by atoms with Crippen LogP contribution in [-0.2, 0) is 4.79 Å². The Balaban J connectivity index is 2.26. The topological polar surface area (TPSA) is 26.8 Å². The lowest BCUT2D eigenvalue weighted by Gasteiger charge is -2.20. The van der Waals surface area contributed by atoms with Crippen molar-refractivity contribution in [2.24, 2.45) is 0 Å². The summed E-state index contributed by atoms with van der Waals surface area (Å²) in [5.41, 5.74) is 0. The Labute approximate surface area is 92.8 Å². The van der Waals surface area contributed by atoms with Crippen LogP contribution < -0.4 is 0 Å². The van der Waals surface area contributed by atoms with E-state index in [1.54, 1.807) is 0 Å². The molecular weight excluding hydrogens is 190 g/mol. The second-order valence-electron chi connectivity index (χ2n) is 4.60. The number of likely N-dealkylation sites (N-methyl/N-ethyl adjacent to an activating group) is 1. The van der Waals surface area contributed by atoms with E-state index in [4.69, 9.17) is 0 Å². The number of nitrogens with zero attached hydrogens (tertiary/aromatic N) is 3. The summed E-state index contributed by atoms with van der Waals surface area (Å²) in [7, 11) is 6.06. The zero-order chi connectivity index (χ0) is 11.3. The van der Waals surface area contributed by atoms with Gasteiger partial charge in [0.1, 0.15) is 0 Å². The molecule has 4 nitrogen and oxygen atoms in total. The first-order valence-electron chi connectivity index (χ1n) is 5.70. The minimum atomic E-state index is 0.261. The standard InChI is InChI=1S/C11H23N3O/c1-12(2)6-4-8-14-9-5-7-13(3)11(15)10-14/h4-10H2,1-3H3. The highest BCUT2D eigenvalue weighted by Crippen LogP contribution is 2.03. The molecule has 0 N–H and O–H groups in total. The van der Waals surface area contributed by atoms with Gasteiger partial charge in [-0.3, -0.25) is 9.69 Å². The molecule has 1 saturated heterocycles. The zero-order valence-corrected chi connectivity index (χ0v) is 10.2. The van der Waals surface area contributed by atoms with Gasteiger partial charge in [0.2, 0.25) is 5.91 Å². The molecule has 1 aliphatic heterocycles. The first-order valence-corrected chi connectivity index (χ1v) is 5.70. The molecular formula is C11H23N3O. The van der Waals surface area contributed by atoms with Crippen molar-refractivity contribution >= 4 is 5.91 Å². The van der Waals surface area contributed by atoms with E-state index in [1.165, 1.54) is 0 Å². The number of carbonyl (C=O) groups is 1. The Hall–Kier alpha value is -0.610. The highest BCUT2D eigenvalue weighted by molar-refractivity contribution is 5.78. The highest BCUT2D eigenvalue weighted by Gasteiger charge is 2.17. The Kier molecular flexibility index (Phi) is 5.05. The Bertz CT molecular complexity index is 206. The van der Waals surface area contributed by atoms with E-state index in [0.717, 1.165) is 39.0 Å². The molecule has 15 heavy (non-hydrogen) atoms. The Morgan fingerprint density at radius 1 is 1.33 bits per heavy atom. The molecule has 0 unspecified atom stereocenters. The summed E-state index contributed by atoms with van der Waals surface area (Å²) in [4.78, 5) is 17.9. The van der Waals surface area contributed by atoms with Crippen LogP contribution in [0.25, 0.3) is 0 Å². The average Bonchev–Trinajstić information content (AvgIpc) is 2.29. The molecule has 0 aromatic carbocycles. The Morgan fingerprint density at radius 3 is 2.73 bits per heavy atom. The Morgan fingerprint density at radius 2 is 2.07 bits per heavy atom. The zero-order valence-electron chi connectivity index (χ0n) is 10.2. The predicted molar refractivity (Wildman–Crippen MR) is 61.9 cm³/mol. The van der Waals surface area contributed by atoms with Crippen LogP contribution in [-0.4, -0.2) is 74.5 Å². The van der Waals surface area contributed by atoms with Gasteiger partial charge in [0, 0.05) is 20.1 Å². The lowest BCUT2D eigenvalue weighted by molar-refractivity contribution is -0.129. The predicted octanol–water partition coefficient (Wildman–Crippen LogP) is 0.102. The molecule has 0 atom stereocenters. The molecule has 1 fully saturated rings. The number of amides is 1. The van der Waals surface area contributed by atoms with Gasteiger partial charge in [-0.1, -0.05) is 0 Å². The normalized spacial score (nSPS) is 19.7. The van der Waals surface area contributed by atoms with Crippen LogP contribution in [0.5, 0.6) is 0 Å². The number of hydrogen-bond acceptors (Lipinski definition) is 3. The van der Waals surface area contributed by atoms with Gasteiger partial charge < -0.3 is 9.80 Å². The van der Waals surface area contributed by atoms with Crippen molar-refractivity contribution in [3.05, 3.63) is 0 Å². The van der Waals surface area contributed by atoms with Crippen molar-refractivity contribution < 1.29 is 4.79 Å². The molecule has 0 aliphatic carbocycles. The van der Waals surface area contributed by atoms with Gasteiger partial charge in [-0.05, 0) is 40.0 Å². The van der Waals surface area contributed by atoms with E-state index >= 15 is 0 Å². The molecule has 1 rings (SSSR count). The first kappa shape index (κ1) is 12.5. The first-order chi connectivity index (χ1) is 7.09. The molecule has 0 aromatic heterocycles. The molecule has 0 aromatic rings. The number of hydrogen-bond donors (Lipinski definition) is 0. The van der Waals surface area contributed by atoms with Crippen LogP contribution in [0.1, 0.15) is 12.8 Å². The monoisotopic (exact) mass is 213 g/mol. The van der Waals surface area contributed by atoms with Gasteiger partial charge in [-0.2, -0.15) is 0 Å². The van der Waals surface area contributed by atoms with Crippen LogP contribution >= 0.6 is 0 Å². The number of rotatable bonds is 4. The lowest BCUT2D eigenvalue weighted by Crippen LogP contribution is -2.35. The van der Waals surface area contributed by atoms with Crippen LogP contribution in [0.4, 0.5) is 0 Å². The van der Waals surface area contributed by atoms with E-state index in [-0.39, 0.29) is 5.91 Å². The van der Waals surface area contributed by atoms with E-state index in [9.17, 15) is 4.79 Å². The second kappa shape index (κ2) is 6.08. The molecule has 0 saturated carbocycles. The maximum Gasteiger partial charge on any atom is 0.236 e.